The number of hydrogen-bond donors (Lipinski definition) is 1. The highest BCUT2D eigenvalue weighted by Gasteiger charge is 2.16. The lowest BCUT2D eigenvalue weighted by Crippen LogP contribution is -2.35. The highest BCUT2D eigenvalue weighted by molar-refractivity contribution is 5.93. The molecule has 0 saturated heterocycles. The molecule has 1 aromatic heterocycles. The summed E-state index contributed by atoms with van der Waals surface area (Å²) in [6, 6.07) is 2.06. The van der Waals surface area contributed by atoms with E-state index < -0.39 is 0 Å². The van der Waals surface area contributed by atoms with Crippen LogP contribution in [0.2, 0.25) is 0 Å². The van der Waals surface area contributed by atoms with Crippen LogP contribution in [-0.4, -0.2) is 11.9 Å². The zero-order valence-corrected chi connectivity index (χ0v) is 8.16. The van der Waals surface area contributed by atoms with Crippen molar-refractivity contribution >= 4 is 5.91 Å². The molecule has 1 amide bonds. The molecule has 0 unspecified atom stereocenters. The first-order valence-electron chi connectivity index (χ1n) is 5.19. The molecule has 0 bridgehead atoms. The maximum atomic E-state index is 11.6. The van der Waals surface area contributed by atoms with Crippen molar-refractivity contribution in [3.8, 4) is 0 Å². The van der Waals surface area contributed by atoms with Crippen LogP contribution in [-0.2, 0) is 0 Å². The second-order valence-electron chi connectivity index (χ2n) is 3.82. The molecule has 1 fully saturated rings. The lowest BCUT2D eigenvalue weighted by molar-refractivity contribution is 0.0927. The first kappa shape index (κ1) is 9.31. The van der Waals surface area contributed by atoms with Crippen molar-refractivity contribution in [2.75, 3.05) is 0 Å². The number of nitrogens with one attached hydrogen (secondary N) is 1. The molecule has 1 aliphatic rings. The normalized spacial score (nSPS) is 18.0. The van der Waals surface area contributed by atoms with Gasteiger partial charge in [0, 0.05) is 6.04 Å². The summed E-state index contributed by atoms with van der Waals surface area (Å²) in [5.41, 5.74) is 0.621. The van der Waals surface area contributed by atoms with E-state index >= 15 is 0 Å². The van der Waals surface area contributed by atoms with E-state index in [1.165, 1.54) is 31.8 Å². The second-order valence-corrected chi connectivity index (χ2v) is 3.82. The smallest absolute Gasteiger partial charge is 0.254 e. The minimum Gasteiger partial charge on any atom is -0.472 e. The molecule has 1 saturated carbocycles. The molecule has 1 aromatic rings. The fourth-order valence-corrected chi connectivity index (χ4v) is 1.91. The Labute approximate surface area is 83.5 Å². The van der Waals surface area contributed by atoms with Crippen molar-refractivity contribution in [1.82, 2.24) is 5.32 Å². The van der Waals surface area contributed by atoms with Crippen LogP contribution in [0.25, 0.3) is 0 Å². The Morgan fingerprint density at radius 3 is 2.79 bits per heavy atom. The zero-order chi connectivity index (χ0) is 9.80. The van der Waals surface area contributed by atoms with Gasteiger partial charge >= 0.3 is 0 Å². The Morgan fingerprint density at radius 2 is 2.14 bits per heavy atom. The van der Waals surface area contributed by atoms with Crippen LogP contribution in [0.15, 0.2) is 23.0 Å². The highest BCUT2D eigenvalue weighted by atomic mass is 16.3. The predicted octanol–water partition coefficient (Wildman–Crippen LogP) is 2.34. The minimum atomic E-state index is -0.00866. The Kier molecular flexibility index (Phi) is 2.87. The van der Waals surface area contributed by atoms with Crippen LogP contribution in [0, 0.1) is 0 Å². The molecule has 2 rings (SSSR count). The molecule has 0 radical (unpaired) electrons. The van der Waals surface area contributed by atoms with Gasteiger partial charge in [0.15, 0.2) is 0 Å². The summed E-state index contributed by atoms with van der Waals surface area (Å²) >= 11 is 0. The summed E-state index contributed by atoms with van der Waals surface area (Å²) in [7, 11) is 0. The van der Waals surface area contributed by atoms with E-state index in [0.29, 0.717) is 11.6 Å². The lowest BCUT2D eigenvalue weighted by atomic mass is 9.95. The third-order valence-electron chi connectivity index (χ3n) is 2.72. The zero-order valence-electron chi connectivity index (χ0n) is 8.16. The Bertz CT molecular complexity index is 286. The molecule has 14 heavy (non-hydrogen) atoms. The monoisotopic (exact) mass is 193 g/mol. The molecule has 1 N–H and O–H groups in total. The van der Waals surface area contributed by atoms with Gasteiger partial charge in [-0.1, -0.05) is 19.3 Å². The number of rotatable bonds is 2. The van der Waals surface area contributed by atoms with Gasteiger partial charge in [0.25, 0.3) is 5.91 Å². The molecule has 1 heterocycles. The van der Waals surface area contributed by atoms with E-state index in [-0.39, 0.29) is 5.91 Å². The molecule has 76 valence electrons. The van der Waals surface area contributed by atoms with E-state index in [1.807, 2.05) is 0 Å². The van der Waals surface area contributed by atoms with Gasteiger partial charge in [-0.2, -0.15) is 0 Å². The molecule has 0 aromatic carbocycles. The van der Waals surface area contributed by atoms with Gasteiger partial charge in [-0.25, -0.2) is 0 Å². The number of carbonyl (C=O) groups excluding carboxylic acids is 1. The van der Waals surface area contributed by atoms with Gasteiger partial charge in [-0.05, 0) is 18.9 Å². The highest BCUT2D eigenvalue weighted by Crippen LogP contribution is 2.17. The van der Waals surface area contributed by atoms with E-state index in [9.17, 15) is 4.79 Å². The van der Waals surface area contributed by atoms with E-state index in [2.05, 4.69) is 5.32 Å². The number of amides is 1. The van der Waals surface area contributed by atoms with E-state index in [4.69, 9.17) is 4.42 Å². The quantitative estimate of drug-likeness (QED) is 0.783. The Balaban J connectivity index is 1.87. The molecular weight excluding hydrogens is 178 g/mol. The molecule has 0 atom stereocenters. The molecule has 3 nitrogen and oxygen atoms in total. The predicted molar refractivity (Wildman–Crippen MR) is 53.0 cm³/mol. The molecular formula is C11H15NO2. The van der Waals surface area contributed by atoms with Gasteiger partial charge in [0.1, 0.15) is 6.26 Å². The molecule has 3 heteroatoms. The van der Waals surface area contributed by atoms with Gasteiger partial charge in [0.2, 0.25) is 0 Å². The number of carbonyl (C=O) groups is 1. The third-order valence-corrected chi connectivity index (χ3v) is 2.72. The average molecular weight is 193 g/mol. The first-order valence-corrected chi connectivity index (χ1v) is 5.19. The van der Waals surface area contributed by atoms with Gasteiger partial charge in [-0.3, -0.25) is 4.79 Å². The standard InChI is InChI=1S/C11H15NO2/c13-11(9-6-7-14-8-9)12-10-4-2-1-3-5-10/h6-8,10H,1-5H2,(H,12,13). The largest absolute Gasteiger partial charge is 0.472 e. The summed E-state index contributed by atoms with van der Waals surface area (Å²) in [5.74, 6) is -0.00866. The molecule has 0 spiro atoms. The van der Waals surface area contributed by atoms with Crippen LogP contribution in [0.1, 0.15) is 42.5 Å². The van der Waals surface area contributed by atoms with Crippen LogP contribution in [0.3, 0.4) is 0 Å². The first-order chi connectivity index (χ1) is 6.86. The van der Waals surface area contributed by atoms with Crippen LogP contribution >= 0.6 is 0 Å². The van der Waals surface area contributed by atoms with Crippen molar-refractivity contribution in [3.05, 3.63) is 24.2 Å². The topological polar surface area (TPSA) is 42.2 Å². The fraction of sp³-hybridized carbons (Fsp3) is 0.545. The summed E-state index contributed by atoms with van der Waals surface area (Å²) in [6.45, 7) is 0. The SMILES string of the molecule is O=C(NC1CCCCC1)c1ccoc1. The Morgan fingerprint density at radius 1 is 1.36 bits per heavy atom. The maximum Gasteiger partial charge on any atom is 0.254 e. The van der Waals surface area contributed by atoms with Crippen molar-refractivity contribution in [2.45, 2.75) is 38.1 Å². The van der Waals surface area contributed by atoms with Crippen molar-refractivity contribution in [3.63, 3.8) is 0 Å². The lowest BCUT2D eigenvalue weighted by Gasteiger charge is -2.22. The summed E-state index contributed by atoms with van der Waals surface area (Å²) in [4.78, 5) is 11.6. The van der Waals surface area contributed by atoms with Gasteiger partial charge in [-0.15, -0.1) is 0 Å². The Hall–Kier alpha value is -1.25. The van der Waals surface area contributed by atoms with E-state index in [0.717, 1.165) is 12.8 Å². The average Bonchev–Trinajstić information content (AvgIpc) is 2.72. The number of furan rings is 1. The van der Waals surface area contributed by atoms with Gasteiger partial charge in [0.05, 0.1) is 11.8 Å². The summed E-state index contributed by atoms with van der Waals surface area (Å²) in [6.07, 6.45) is 9.01. The summed E-state index contributed by atoms with van der Waals surface area (Å²) < 4.78 is 4.86. The van der Waals surface area contributed by atoms with Crippen LogP contribution in [0.5, 0.6) is 0 Å². The van der Waals surface area contributed by atoms with Crippen molar-refractivity contribution in [2.24, 2.45) is 0 Å². The second kappa shape index (κ2) is 4.31. The molecule has 0 aliphatic heterocycles. The van der Waals surface area contributed by atoms with Crippen molar-refractivity contribution in [1.29, 1.82) is 0 Å². The van der Waals surface area contributed by atoms with Crippen LogP contribution < -0.4 is 5.32 Å². The van der Waals surface area contributed by atoms with Crippen LogP contribution in [0.4, 0.5) is 0 Å². The minimum absolute atomic E-state index is 0.00866. The van der Waals surface area contributed by atoms with E-state index in [1.54, 1.807) is 6.07 Å². The molecule has 1 aliphatic carbocycles. The van der Waals surface area contributed by atoms with Crippen molar-refractivity contribution < 1.29 is 9.21 Å². The fourth-order valence-electron chi connectivity index (χ4n) is 1.91. The number of hydrogen-bond acceptors (Lipinski definition) is 2. The summed E-state index contributed by atoms with van der Waals surface area (Å²) in [5, 5.41) is 3.02. The van der Waals surface area contributed by atoms with Gasteiger partial charge < -0.3 is 9.73 Å². The third kappa shape index (κ3) is 2.16. The maximum absolute atomic E-state index is 11.6.